The van der Waals surface area contributed by atoms with Gasteiger partial charge in [-0.1, -0.05) is 57.2 Å². The Balaban J connectivity index is 1.34. The maximum Gasteiger partial charge on any atom is 0.243 e. The zero-order valence-electron chi connectivity index (χ0n) is 23.8. The number of hydrogen-bond acceptors (Lipinski definition) is 7. The summed E-state index contributed by atoms with van der Waals surface area (Å²) in [5.74, 6) is 2.12. The molecular weight excluding hydrogens is 522 g/mol. The Morgan fingerprint density at radius 2 is 1.52 bits per heavy atom. The molecule has 1 aliphatic heterocycles. The van der Waals surface area contributed by atoms with Crippen molar-refractivity contribution < 1.29 is 13.2 Å². The molecule has 1 N–H and O–H groups in total. The first-order valence-electron chi connectivity index (χ1n) is 13.6. The van der Waals surface area contributed by atoms with Crippen molar-refractivity contribution in [2.45, 2.75) is 44.0 Å². The summed E-state index contributed by atoms with van der Waals surface area (Å²) in [7, 11) is -1.92. The second kappa shape index (κ2) is 11.2. The molecule has 0 saturated carbocycles. The van der Waals surface area contributed by atoms with Crippen LogP contribution in [0, 0.1) is 0 Å². The lowest BCUT2D eigenvalue weighted by atomic mass is 9.87. The van der Waals surface area contributed by atoms with E-state index in [1.165, 1.54) is 0 Å². The van der Waals surface area contributed by atoms with Crippen LogP contribution in [0.15, 0.2) is 77.7 Å². The Morgan fingerprint density at radius 1 is 0.875 bits per heavy atom. The minimum absolute atomic E-state index is 0.0303. The van der Waals surface area contributed by atoms with E-state index in [0.717, 1.165) is 27.9 Å². The number of nitrogens with one attached hydrogen (secondary N) is 1. The van der Waals surface area contributed by atoms with Gasteiger partial charge in [-0.05, 0) is 54.3 Å². The minimum atomic E-state index is -3.56. The van der Waals surface area contributed by atoms with Gasteiger partial charge in [-0.15, -0.1) is 0 Å². The normalized spacial score (nSPS) is 16.1. The molecule has 9 heteroatoms. The molecule has 0 bridgehead atoms. The van der Waals surface area contributed by atoms with Crippen molar-refractivity contribution in [2.75, 3.05) is 38.6 Å². The van der Waals surface area contributed by atoms with Crippen LogP contribution < -0.4 is 10.1 Å². The Hall–Kier alpha value is -3.53. The van der Waals surface area contributed by atoms with Gasteiger partial charge in [-0.25, -0.2) is 18.4 Å². The van der Waals surface area contributed by atoms with Crippen molar-refractivity contribution in [1.82, 2.24) is 19.2 Å². The van der Waals surface area contributed by atoms with Gasteiger partial charge in [0.1, 0.15) is 17.4 Å². The fraction of sp³-hybridized carbons (Fsp3) is 0.355. The summed E-state index contributed by atoms with van der Waals surface area (Å²) in [6.45, 7) is 10.4. The molecule has 1 aliphatic rings. The molecule has 4 aromatic rings. The van der Waals surface area contributed by atoms with E-state index in [9.17, 15) is 8.42 Å². The van der Waals surface area contributed by atoms with E-state index in [0.29, 0.717) is 42.7 Å². The first-order chi connectivity index (χ1) is 19.1. The van der Waals surface area contributed by atoms with Crippen LogP contribution in [0.5, 0.6) is 5.75 Å². The highest BCUT2D eigenvalue weighted by Crippen LogP contribution is 2.32. The number of piperazine rings is 1. The first kappa shape index (κ1) is 28.0. The number of aromatic nitrogens is 2. The number of anilines is 2. The molecule has 0 spiro atoms. The number of ether oxygens (including phenoxy) is 1. The van der Waals surface area contributed by atoms with E-state index >= 15 is 0 Å². The predicted molar refractivity (Wildman–Crippen MR) is 160 cm³/mol. The quantitative estimate of drug-likeness (QED) is 0.309. The minimum Gasteiger partial charge on any atom is -0.495 e. The van der Waals surface area contributed by atoms with Crippen molar-refractivity contribution in [3.05, 3.63) is 84.2 Å². The molecule has 5 rings (SSSR count). The van der Waals surface area contributed by atoms with Crippen molar-refractivity contribution in [2.24, 2.45) is 0 Å². The smallest absolute Gasteiger partial charge is 0.243 e. The summed E-state index contributed by atoms with van der Waals surface area (Å²) >= 11 is 0. The van der Waals surface area contributed by atoms with Gasteiger partial charge < -0.3 is 10.1 Å². The summed E-state index contributed by atoms with van der Waals surface area (Å²) in [5, 5.41) is 4.36. The molecule has 0 unspecified atom stereocenters. The Kier molecular flexibility index (Phi) is 7.81. The van der Waals surface area contributed by atoms with Crippen LogP contribution in [-0.4, -0.2) is 60.9 Å². The van der Waals surface area contributed by atoms with Crippen LogP contribution in [0.3, 0.4) is 0 Å². The van der Waals surface area contributed by atoms with Crippen LogP contribution in [-0.2, 0) is 15.4 Å². The summed E-state index contributed by atoms with van der Waals surface area (Å²) in [5.41, 5.74) is 2.75. The van der Waals surface area contributed by atoms with Gasteiger partial charge in [0.2, 0.25) is 10.0 Å². The number of methoxy groups -OCH3 is 1. The van der Waals surface area contributed by atoms with Crippen molar-refractivity contribution in [1.29, 1.82) is 0 Å². The summed E-state index contributed by atoms with van der Waals surface area (Å²) in [4.78, 5) is 12.4. The van der Waals surface area contributed by atoms with Gasteiger partial charge in [0.15, 0.2) is 0 Å². The van der Waals surface area contributed by atoms with E-state index < -0.39 is 10.0 Å². The number of fused-ring (bicyclic) bond motifs is 1. The highest BCUT2D eigenvalue weighted by molar-refractivity contribution is 7.89. The molecule has 8 nitrogen and oxygen atoms in total. The first-order valence-corrected chi connectivity index (χ1v) is 15.0. The third kappa shape index (κ3) is 5.68. The second-order valence-corrected chi connectivity index (χ2v) is 13.1. The number of benzene rings is 3. The Morgan fingerprint density at radius 3 is 2.20 bits per heavy atom. The van der Waals surface area contributed by atoms with E-state index in [4.69, 9.17) is 14.7 Å². The molecular formula is C31H37N5O3S. The zero-order valence-corrected chi connectivity index (χ0v) is 24.6. The molecule has 0 amide bonds. The summed E-state index contributed by atoms with van der Waals surface area (Å²) in [6.07, 6.45) is 0. The van der Waals surface area contributed by atoms with Gasteiger partial charge in [0, 0.05) is 31.6 Å². The predicted octanol–water partition coefficient (Wildman–Crippen LogP) is 5.75. The molecule has 1 fully saturated rings. The van der Waals surface area contributed by atoms with E-state index in [2.05, 4.69) is 37.9 Å². The molecule has 0 radical (unpaired) electrons. The molecule has 210 valence electrons. The number of sulfonamides is 1. The number of para-hydroxylation sites is 3. The molecule has 2 heterocycles. The topological polar surface area (TPSA) is 87.7 Å². The summed E-state index contributed by atoms with van der Waals surface area (Å²) in [6, 6.07) is 22.8. The Labute approximate surface area is 237 Å². The van der Waals surface area contributed by atoms with Crippen LogP contribution >= 0.6 is 0 Å². The zero-order chi connectivity index (χ0) is 28.5. The van der Waals surface area contributed by atoms with Crippen molar-refractivity contribution in [3.8, 4) is 5.75 Å². The van der Waals surface area contributed by atoms with Crippen LogP contribution in [0.4, 0.5) is 11.5 Å². The fourth-order valence-electron chi connectivity index (χ4n) is 5.02. The molecule has 1 aromatic heterocycles. The standard InChI is InChI=1S/C31H37N5O3S/c1-22(35-18-20-36(21-19-35)40(37,38)24-16-14-23(15-17-24)31(2,3)4)29-32-26-11-7-6-10-25(26)30(34-29)33-27-12-8-9-13-28(27)39-5/h6-17,22H,18-21H2,1-5H3,(H,32,33,34)/t22-/m1/s1. The molecule has 3 aromatic carbocycles. The molecule has 0 aliphatic carbocycles. The lowest BCUT2D eigenvalue weighted by Crippen LogP contribution is -2.49. The Bertz CT molecular complexity index is 1590. The van der Waals surface area contributed by atoms with Gasteiger partial charge >= 0.3 is 0 Å². The van der Waals surface area contributed by atoms with E-state index in [1.807, 2.05) is 60.7 Å². The number of hydrogen-bond donors (Lipinski definition) is 1. The van der Waals surface area contributed by atoms with Gasteiger partial charge in [0.25, 0.3) is 0 Å². The molecule has 40 heavy (non-hydrogen) atoms. The van der Waals surface area contributed by atoms with Gasteiger partial charge in [-0.2, -0.15) is 4.31 Å². The van der Waals surface area contributed by atoms with Crippen LogP contribution in [0.1, 0.15) is 45.1 Å². The summed E-state index contributed by atoms with van der Waals surface area (Å²) < 4.78 is 33.9. The maximum absolute atomic E-state index is 13.4. The highest BCUT2D eigenvalue weighted by atomic mass is 32.2. The average molecular weight is 560 g/mol. The number of nitrogens with zero attached hydrogens (tertiary/aromatic N) is 4. The fourth-order valence-corrected chi connectivity index (χ4v) is 6.44. The van der Waals surface area contributed by atoms with Crippen molar-refractivity contribution in [3.63, 3.8) is 0 Å². The highest BCUT2D eigenvalue weighted by Gasteiger charge is 2.31. The second-order valence-electron chi connectivity index (χ2n) is 11.2. The van der Waals surface area contributed by atoms with Gasteiger partial charge in [-0.3, -0.25) is 4.90 Å². The van der Waals surface area contributed by atoms with Crippen molar-refractivity contribution >= 4 is 32.4 Å². The maximum atomic E-state index is 13.4. The molecule has 1 atom stereocenters. The largest absolute Gasteiger partial charge is 0.495 e. The molecule has 1 saturated heterocycles. The lowest BCUT2D eigenvalue weighted by molar-refractivity contribution is 0.141. The third-order valence-electron chi connectivity index (χ3n) is 7.53. The monoisotopic (exact) mass is 559 g/mol. The van der Waals surface area contributed by atoms with E-state index in [-0.39, 0.29) is 11.5 Å². The van der Waals surface area contributed by atoms with Crippen LogP contribution in [0.2, 0.25) is 0 Å². The van der Waals surface area contributed by atoms with Gasteiger partial charge in [0.05, 0.1) is 29.3 Å². The van der Waals surface area contributed by atoms with Crippen LogP contribution in [0.25, 0.3) is 10.9 Å². The SMILES string of the molecule is COc1ccccc1Nc1nc([C@@H](C)N2CCN(S(=O)(=O)c3ccc(C(C)(C)C)cc3)CC2)nc2ccccc12. The third-order valence-corrected chi connectivity index (χ3v) is 9.45. The number of rotatable bonds is 7. The van der Waals surface area contributed by atoms with E-state index in [1.54, 1.807) is 23.5 Å². The average Bonchev–Trinajstić information content (AvgIpc) is 2.96. The lowest BCUT2D eigenvalue weighted by Gasteiger charge is -2.37.